The summed E-state index contributed by atoms with van der Waals surface area (Å²) in [4.78, 5) is 0. The third-order valence-corrected chi connectivity index (χ3v) is 4.13. The number of thiocarbonyl (C=S) groups is 1. The first-order valence-electron chi connectivity index (χ1n) is 8.20. The largest absolute Gasteiger partial charge is 0.457 e. The summed E-state index contributed by atoms with van der Waals surface area (Å²) in [6, 6.07) is 15.7. The topological polar surface area (TPSA) is 42.5 Å². The van der Waals surface area contributed by atoms with Gasteiger partial charge >= 0.3 is 0 Å². The van der Waals surface area contributed by atoms with Crippen LogP contribution >= 0.6 is 12.2 Å². The fraction of sp³-hybridized carbons (Fsp3) is 0.316. The predicted octanol–water partition coefficient (Wildman–Crippen LogP) is 4.25. The minimum atomic E-state index is 0.273. The van der Waals surface area contributed by atoms with Gasteiger partial charge in [0, 0.05) is 18.8 Å². The number of anilines is 1. The van der Waals surface area contributed by atoms with Crippen LogP contribution in [-0.4, -0.2) is 24.4 Å². The van der Waals surface area contributed by atoms with Crippen molar-refractivity contribution >= 4 is 23.0 Å². The highest BCUT2D eigenvalue weighted by Crippen LogP contribution is 2.23. The molecule has 0 aromatic heterocycles. The smallest absolute Gasteiger partial charge is 0.170 e. The molecule has 2 aromatic rings. The van der Waals surface area contributed by atoms with E-state index in [1.807, 2.05) is 48.5 Å². The Hall–Kier alpha value is -2.11. The second kappa shape index (κ2) is 8.13. The Morgan fingerprint density at radius 3 is 2.42 bits per heavy atom. The van der Waals surface area contributed by atoms with Crippen molar-refractivity contribution in [2.75, 3.05) is 18.5 Å². The van der Waals surface area contributed by atoms with Crippen LogP contribution in [0.15, 0.2) is 48.5 Å². The van der Waals surface area contributed by atoms with Gasteiger partial charge in [-0.2, -0.15) is 0 Å². The van der Waals surface area contributed by atoms with Crippen molar-refractivity contribution in [2.45, 2.75) is 25.9 Å². The zero-order valence-electron chi connectivity index (χ0n) is 13.7. The monoisotopic (exact) mass is 342 g/mol. The van der Waals surface area contributed by atoms with Gasteiger partial charge in [-0.25, -0.2) is 0 Å². The molecular weight excluding hydrogens is 320 g/mol. The van der Waals surface area contributed by atoms with Gasteiger partial charge in [-0.15, -0.1) is 0 Å². The van der Waals surface area contributed by atoms with Crippen molar-refractivity contribution in [3.63, 3.8) is 0 Å². The Balaban J connectivity index is 1.48. The molecular formula is C19H22N2O2S. The van der Waals surface area contributed by atoms with Crippen molar-refractivity contribution in [1.29, 1.82) is 0 Å². The maximum atomic E-state index is 5.82. The van der Waals surface area contributed by atoms with Crippen molar-refractivity contribution in [1.82, 2.24) is 5.32 Å². The molecule has 24 heavy (non-hydrogen) atoms. The Kier molecular flexibility index (Phi) is 5.67. The molecule has 0 bridgehead atoms. The van der Waals surface area contributed by atoms with Gasteiger partial charge in [-0.05, 0) is 68.4 Å². The van der Waals surface area contributed by atoms with E-state index in [0.717, 1.165) is 43.2 Å². The molecule has 0 unspecified atom stereocenters. The quantitative estimate of drug-likeness (QED) is 0.795. The second-order valence-electron chi connectivity index (χ2n) is 5.91. The molecule has 2 N–H and O–H groups in total. The lowest BCUT2D eigenvalue weighted by molar-refractivity contribution is 0.114. The van der Waals surface area contributed by atoms with E-state index >= 15 is 0 Å². The SMILES string of the molecule is Cc1ccc(Oc2ccc(NC(=S)NC[C@H]3CCCO3)cc2)cc1. The van der Waals surface area contributed by atoms with E-state index < -0.39 is 0 Å². The summed E-state index contributed by atoms with van der Waals surface area (Å²) in [5.41, 5.74) is 2.14. The summed E-state index contributed by atoms with van der Waals surface area (Å²) in [6.45, 7) is 3.66. The van der Waals surface area contributed by atoms with E-state index in [2.05, 4.69) is 17.6 Å². The van der Waals surface area contributed by atoms with Gasteiger partial charge in [0.2, 0.25) is 0 Å². The standard InChI is InChI=1S/C19H22N2O2S/c1-14-4-8-16(9-5-14)23-17-10-6-15(7-11-17)21-19(24)20-13-18-3-2-12-22-18/h4-11,18H,2-3,12-13H2,1H3,(H2,20,21,24)/t18-/m1/s1. The van der Waals surface area contributed by atoms with Crippen molar-refractivity contribution in [2.24, 2.45) is 0 Å². The van der Waals surface area contributed by atoms with Crippen LogP contribution in [0.4, 0.5) is 5.69 Å². The lowest BCUT2D eigenvalue weighted by Gasteiger charge is -2.14. The molecule has 0 radical (unpaired) electrons. The molecule has 2 aromatic carbocycles. The first-order chi connectivity index (χ1) is 11.7. The van der Waals surface area contributed by atoms with Crippen molar-refractivity contribution in [3.8, 4) is 11.5 Å². The van der Waals surface area contributed by atoms with E-state index in [1.54, 1.807) is 0 Å². The summed E-state index contributed by atoms with van der Waals surface area (Å²) in [7, 11) is 0. The van der Waals surface area contributed by atoms with E-state index in [0.29, 0.717) is 5.11 Å². The summed E-state index contributed by atoms with van der Waals surface area (Å²) in [6.07, 6.45) is 2.50. The zero-order chi connectivity index (χ0) is 16.8. The third kappa shape index (κ3) is 4.94. The Morgan fingerprint density at radius 1 is 1.12 bits per heavy atom. The van der Waals surface area contributed by atoms with Gasteiger partial charge in [0.25, 0.3) is 0 Å². The van der Waals surface area contributed by atoms with Crippen LogP contribution in [-0.2, 0) is 4.74 Å². The maximum Gasteiger partial charge on any atom is 0.170 e. The number of hydrogen-bond acceptors (Lipinski definition) is 3. The highest BCUT2D eigenvalue weighted by molar-refractivity contribution is 7.80. The van der Waals surface area contributed by atoms with Crippen LogP contribution in [0.2, 0.25) is 0 Å². The van der Waals surface area contributed by atoms with Gasteiger partial charge in [0.15, 0.2) is 5.11 Å². The molecule has 126 valence electrons. The highest BCUT2D eigenvalue weighted by atomic mass is 32.1. The van der Waals surface area contributed by atoms with E-state index in [4.69, 9.17) is 21.7 Å². The molecule has 0 saturated carbocycles. The first kappa shape index (κ1) is 16.7. The van der Waals surface area contributed by atoms with E-state index in [-0.39, 0.29) is 6.10 Å². The molecule has 0 spiro atoms. The lowest BCUT2D eigenvalue weighted by Crippen LogP contribution is -2.34. The number of rotatable bonds is 5. The summed E-state index contributed by atoms with van der Waals surface area (Å²) in [5, 5.41) is 6.98. The van der Waals surface area contributed by atoms with Crippen LogP contribution in [0.25, 0.3) is 0 Å². The number of ether oxygens (including phenoxy) is 2. The fourth-order valence-corrected chi connectivity index (χ4v) is 2.74. The molecule has 1 fully saturated rings. The lowest BCUT2D eigenvalue weighted by atomic mass is 10.2. The summed E-state index contributed by atoms with van der Waals surface area (Å²) in [5.74, 6) is 1.62. The third-order valence-electron chi connectivity index (χ3n) is 3.88. The second-order valence-corrected chi connectivity index (χ2v) is 6.32. The fourth-order valence-electron chi connectivity index (χ4n) is 2.54. The molecule has 5 heteroatoms. The summed E-state index contributed by atoms with van der Waals surface area (Å²) < 4.78 is 11.4. The van der Waals surface area contributed by atoms with E-state index in [9.17, 15) is 0 Å². The van der Waals surface area contributed by atoms with Gasteiger partial charge in [0.1, 0.15) is 11.5 Å². The molecule has 1 saturated heterocycles. The molecule has 3 rings (SSSR count). The number of benzene rings is 2. The molecule has 1 atom stereocenters. The average Bonchev–Trinajstić information content (AvgIpc) is 3.10. The van der Waals surface area contributed by atoms with Gasteiger partial charge < -0.3 is 20.1 Å². The number of aryl methyl sites for hydroxylation is 1. The van der Waals surface area contributed by atoms with Gasteiger partial charge in [0.05, 0.1) is 6.10 Å². The van der Waals surface area contributed by atoms with Gasteiger partial charge in [-0.3, -0.25) is 0 Å². The van der Waals surface area contributed by atoms with Crippen LogP contribution in [0, 0.1) is 6.92 Å². The van der Waals surface area contributed by atoms with Crippen molar-refractivity contribution < 1.29 is 9.47 Å². The molecule has 1 aliphatic rings. The van der Waals surface area contributed by atoms with Crippen LogP contribution < -0.4 is 15.4 Å². The molecule has 1 heterocycles. The Morgan fingerprint density at radius 2 is 1.79 bits per heavy atom. The Bertz CT molecular complexity index is 665. The number of hydrogen-bond donors (Lipinski definition) is 2. The molecule has 0 aliphatic carbocycles. The van der Waals surface area contributed by atoms with Crippen molar-refractivity contribution in [3.05, 3.63) is 54.1 Å². The molecule has 4 nitrogen and oxygen atoms in total. The van der Waals surface area contributed by atoms with Crippen LogP contribution in [0.1, 0.15) is 18.4 Å². The average molecular weight is 342 g/mol. The Labute approximate surface area is 148 Å². The molecule has 1 aliphatic heterocycles. The predicted molar refractivity (Wildman–Crippen MR) is 101 cm³/mol. The maximum absolute atomic E-state index is 5.82. The zero-order valence-corrected chi connectivity index (χ0v) is 14.6. The normalized spacial score (nSPS) is 16.6. The van der Waals surface area contributed by atoms with E-state index in [1.165, 1.54) is 5.56 Å². The first-order valence-corrected chi connectivity index (χ1v) is 8.61. The minimum absolute atomic E-state index is 0.273. The van der Waals surface area contributed by atoms with Crippen LogP contribution in [0.5, 0.6) is 11.5 Å². The molecule has 0 amide bonds. The minimum Gasteiger partial charge on any atom is -0.457 e. The highest BCUT2D eigenvalue weighted by Gasteiger charge is 2.15. The van der Waals surface area contributed by atoms with Crippen LogP contribution in [0.3, 0.4) is 0 Å². The van der Waals surface area contributed by atoms with Gasteiger partial charge in [-0.1, -0.05) is 17.7 Å². The summed E-state index contributed by atoms with van der Waals surface area (Å²) >= 11 is 5.31. The number of nitrogens with one attached hydrogen (secondary N) is 2.